The number of nitrogens with zero attached hydrogens (tertiary/aromatic N) is 1. The Morgan fingerprint density at radius 3 is 2.75 bits per heavy atom. The first-order valence-corrected chi connectivity index (χ1v) is 9.70. The van der Waals surface area contributed by atoms with Crippen molar-refractivity contribution in [2.75, 3.05) is 26.8 Å². The number of benzene rings is 1. The van der Waals surface area contributed by atoms with Crippen LogP contribution in [0.4, 0.5) is 0 Å². The number of hydrogen-bond acceptors (Lipinski definition) is 5. The summed E-state index contributed by atoms with van der Waals surface area (Å²) in [6, 6.07) is 7.09. The van der Waals surface area contributed by atoms with Crippen LogP contribution in [0.1, 0.15) is 13.8 Å². The maximum Gasteiger partial charge on any atom is 0.230 e. The SMILES string of the molecule is CCN1C[C@@]23C=C[C@@H](O2)[C@H](C(=O)N[C@H](C)COc2ccc(OC)cc2)[C@H]3C1=O. The molecule has 2 saturated heterocycles. The van der Waals surface area contributed by atoms with Crippen molar-refractivity contribution >= 4 is 11.8 Å². The van der Waals surface area contributed by atoms with Crippen LogP contribution in [-0.4, -0.2) is 61.3 Å². The molecule has 1 aromatic rings. The number of carbonyl (C=O) groups excluding carboxylic acids is 2. The summed E-state index contributed by atoms with van der Waals surface area (Å²) < 4.78 is 16.9. The molecule has 3 aliphatic heterocycles. The maximum atomic E-state index is 13.0. The summed E-state index contributed by atoms with van der Waals surface area (Å²) in [5, 5.41) is 2.99. The molecule has 7 heteroatoms. The van der Waals surface area contributed by atoms with E-state index in [0.29, 0.717) is 25.4 Å². The van der Waals surface area contributed by atoms with E-state index in [2.05, 4.69) is 5.32 Å². The van der Waals surface area contributed by atoms with Gasteiger partial charge in [-0.2, -0.15) is 0 Å². The number of likely N-dealkylation sites (tertiary alicyclic amines) is 1. The van der Waals surface area contributed by atoms with Crippen molar-refractivity contribution < 1.29 is 23.8 Å². The predicted molar refractivity (Wildman–Crippen MR) is 102 cm³/mol. The third kappa shape index (κ3) is 3.03. The van der Waals surface area contributed by atoms with E-state index in [4.69, 9.17) is 14.2 Å². The number of ether oxygens (including phenoxy) is 3. The Kier molecular flexibility index (Phi) is 4.79. The molecule has 1 N–H and O–H groups in total. The standard InChI is InChI=1S/C21H26N2O5/c1-4-23-12-21-10-9-16(28-21)17(18(21)20(23)25)19(24)22-13(2)11-27-15-7-5-14(26-3)6-8-15/h5-10,13,16-18H,4,11-12H2,1-3H3,(H,22,24)/t13-,16-,17+,18+,21-/m1/s1. The summed E-state index contributed by atoms with van der Waals surface area (Å²) in [5.41, 5.74) is -0.636. The second-order valence-electron chi connectivity index (χ2n) is 7.65. The van der Waals surface area contributed by atoms with Crippen molar-refractivity contribution in [3.8, 4) is 11.5 Å². The number of rotatable bonds is 7. The molecule has 2 fully saturated rings. The van der Waals surface area contributed by atoms with Crippen LogP contribution in [0.2, 0.25) is 0 Å². The summed E-state index contributed by atoms with van der Waals surface area (Å²) in [5.74, 6) is 0.399. The molecule has 3 aliphatic rings. The molecule has 1 spiro atoms. The normalized spacial score (nSPS) is 31.0. The fraction of sp³-hybridized carbons (Fsp3) is 0.524. The second-order valence-corrected chi connectivity index (χ2v) is 7.65. The number of carbonyl (C=O) groups is 2. The van der Waals surface area contributed by atoms with E-state index in [0.717, 1.165) is 5.75 Å². The molecule has 2 amide bonds. The fourth-order valence-corrected chi connectivity index (χ4v) is 4.42. The van der Waals surface area contributed by atoms with Crippen molar-refractivity contribution in [3.05, 3.63) is 36.4 Å². The van der Waals surface area contributed by atoms with Crippen LogP contribution >= 0.6 is 0 Å². The van der Waals surface area contributed by atoms with E-state index >= 15 is 0 Å². The smallest absolute Gasteiger partial charge is 0.230 e. The van der Waals surface area contributed by atoms with Gasteiger partial charge in [-0.15, -0.1) is 0 Å². The van der Waals surface area contributed by atoms with E-state index in [-0.39, 0.29) is 24.0 Å². The van der Waals surface area contributed by atoms with Gasteiger partial charge in [-0.25, -0.2) is 0 Å². The minimum absolute atomic E-state index is 0.0108. The van der Waals surface area contributed by atoms with Crippen molar-refractivity contribution in [1.82, 2.24) is 10.2 Å². The Morgan fingerprint density at radius 2 is 2.07 bits per heavy atom. The molecule has 28 heavy (non-hydrogen) atoms. The minimum atomic E-state index is -0.636. The van der Waals surface area contributed by atoms with Crippen LogP contribution in [0.5, 0.6) is 11.5 Å². The van der Waals surface area contributed by atoms with Crippen LogP contribution in [-0.2, 0) is 14.3 Å². The van der Waals surface area contributed by atoms with Gasteiger partial charge >= 0.3 is 0 Å². The van der Waals surface area contributed by atoms with E-state index in [1.807, 2.05) is 50.3 Å². The Morgan fingerprint density at radius 1 is 1.36 bits per heavy atom. The zero-order chi connectivity index (χ0) is 19.9. The Balaban J connectivity index is 1.37. The highest BCUT2D eigenvalue weighted by atomic mass is 16.5. The van der Waals surface area contributed by atoms with E-state index in [1.165, 1.54) is 0 Å². The zero-order valence-corrected chi connectivity index (χ0v) is 16.4. The molecular formula is C21H26N2O5. The van der Waals surface area contributed by atoms with Crippen molar-refractivity contribution in [1.29, 1.82) is 0 Å². The van der Waals surface area contributed by atoms with Crippen molar-refractivity contribution in [3.63, 3.8) is 0 Å². The average molecular weight is 386 g/mol. The third-order valence-electron chi connectivity index (χ3n) is 5.81. The molecule has 0 aliphatic carbocycles. The molecule has 5 atom stereocenters. The largest absolute Gasteiger partial charge is 0.497 e. The van der Waals surface area contributed by atoms with E-state index in [1.54, 1.807) is 12.0 Å². The molecule has 2 bridgehead atoms. The fourth-order valence-electron chi connectivity index (χ4n) is 4.42. The molecule has 4 rings (SSSR count). The monoisotopic (exact) mass is 386 g/mol. The maximum absolute atomic E-state index is 13.0. The summed E-state index contributed by atoms with van der Waals surface area (Å²) in [6.07, 6.45) is 3.56. The van der Waals surface area contributed by atoms with Crippen LogP contribution in [0.15, 0.2) is 36.4 Å². The summed E-state index contributed by atoms with van der Waals surface area (Å²) in [4.78, 5) is 27.5. The van der Waals surface area contributed by atoms with Crippen LogP contribution < -0.4 is 14.8 Å². The molecule has 0 saturated carbocycles. The van der Waals surface area contributed by atoms with Gasteiger partial charge in [0, 0.05) is 6.54 Å². The third-order valence-corrected chi connectivity index (χ3v) is 5.81. The molecule has 0 unspecified atom stereocenters. The summed E-state index contributed by atoms with van der Waals surface area (Å²) in [7, 11) is 1.61. The summed E-state index contributed by atoms with van der Waals surface area (Å²) >= 11 is 0. The minimum Gasteiger partial charge on any atom is -0.497 e. The quantitative estimate of drug-likeness (QED) is 0.717. The van der Waals surface area contributed by atoms with Crippen molar-refractivity contribution in [2.45, 2.75) is 31.6 Å². The molecule has 0 radical (unpaired) electrons. The highest BCUT2D eigenvalue weighted by Crippen LogP contribution is 2.51. The highest BCUT2D eigenvalue weighted by molar-refractivity contribution is 5.93. The molecule has 7 nitrogen and oxygen atoms in total. The molecule has 3 heterocycles. The lowest BCUT2D eigenvalue weighted by Crippen LogP contribution is -2.47. The first-order chi connectivity index (χ1) is 13.5. The van der Waals surface area contributed by atoms with Crippen LogP contribution in [0.25, 0.3) is 0 Å². The average Bonchev–Trinajstić information content (AvgIpc) is 3.34. The number of nitrogens with one attached hydrogen (secondary N) is 1. The van der Waals surface area contributed by atoms with Gasteiger partial charge in [-0.05, 0) is 38.1 Å². The lowest BCUT2D eigenvalue weighted by Gasteiger charge is -2.25. The molecule has 0 aromatic heterocycles. The summed E-state index contributed by atoms with van der Waals surface area (Å²) in [6.45, 7) is 5.31. The lowest BCUT2D eigenvalue weighted by molar-refractivity contribution is -0.137. The van der Waals surface area contributed by atoms with Gasteiger partial charge < -0.3 is 24.4 Å². The van der Waals surface area contributed by atoms with Gasteiger partial charge in [0.15, 0.2) is 0 Å². The van der Waals surface area contributed by atoms with Gasteiger partial charge in [0.25, 0.3) is 0 Å². The second kappa shape index (κ2) is 7.13. The first kappa shape index (κ1) is 18.8. The number of methoxy groups -OCH3 is 1. The van der Waals surface area contributed by atoms with Gasteiger partial charge in [-0.3, -0.25) is 9.59 Å². The van der Waals surface area contributed by atoms with Gasteiger partial charge in [0.1, 0.15) is 23.7 Å². The van der Waals surface area contributed by atoms with Gasteiger partial charge in [0.2, 0.25) is 11.8 Å². The molecule has 150 valence electrons. The van der Waals surface area contributed by atoms with Crippen LogP contribution in [0.3, 0.4) is 0 Å². The zero-order valence-electron chi connectivity index (χ0n) is 16.4. The number of hydrogen-bond donors (Lipinski definition) is 1. The van der Waals surface area contributed by atoms with Crippen molar-refractivity contribution in [2.24, 2.45) is 11.8 Å². The highest BCUT2D eigenvalue weighted by Gasteiger charge is 2.66. The number of amides is 2. The molecular weight excluding hydrogens is 360 g/mol. The van der Waals surface area contributed by atoms with Gasteiger partial charge in [-0.1, -0.05) is 12.2 Å². The number of likely N-dealkylation sites (N-methyl/N-ethyl adjacent to an activating group) is 1. The predicted octanol–water partition coefficient (Wildman–Crippen LogP) is 1.38. The topological polar surface area (TPSA) is 77.1 Å². The first-order valence-electron chi connectivity index (χ1n) is 9.70. The Labute approximate surface area is 164 Å². The van der Waals surface area contributed by atoms with Gasteiger partial charge in [0.05, 0.1) is 37.6 Å². The Bertz CT molecular complexity index is 792. The van der Waals surface area contributed by atoms with E-state index < -0.39 is 17.4 Å². The van der Waals surface area contributed by atoms with E-state index in [9.17, 15) is 9.59 Å². The molecule has 1 aromatic carbocycles. The Hall–Kier alpha value is -2.54. The number of fused-ring (bicyclic) bond motifs is 1. The van der Waals surface area contributed by atoms with Crippen LogP contribution in [0, 0.1) is 11.8 Å². The lowest BCUT2D eigenvalue weighted by atomic mass is 9.76.